The summed E-state index contributed by atoms with van der Waals surface area (Å²) < 4.78 is 5.66. The quantitative estimate of drug-likeness (QED) is 0.403. The first-order valence-corrected chi connectivity index (χ1v) is 11.3. The molecule has 0 bridgehead atoms. The SMILES string of the molecule is CN=C(NCCCN1CCCCCC1)NCC1(N2CCCC2)CCOCC1. The largest absolute Gasteiger partial charge is 0.381 e. The molecule has 6 heteroatoms. The third-order valence-electron chi connectivity index (χ3n) is 6.65. The van der Waals surface area contributed by atoms with Gasteiger partial charge in [0.15, 0.2) is 5.96 Å². The molecule has 3 aliphatic heterocycles. The van der Waals surface area contributed by atoms with E-state index in [-0.39, 0.29) is 5.54 Å². The van der Waals surface area contributed by atoms with Crippen LogP contribution in [0.3, 0.4) is 0 Å². The van der Waals surface area contributed by atoms with E-state index in [2.05, 4.69) is 25.4 Å². The van der Waals surface area contributed by atoms with Gasteiger partial charge in [0.2, 0.25) is 0 Å². The number of ether oxygens (including phenoxy) is 1. The molecule has 0 saturated carbocycles. The van der Waals surface area contributed by atoms with E-state index in [1.54, 1.807) is 0 Å². The molecule has 27 heavy (non-hydrogen) atoms. The summed E-state index contributed by atoms with van der Waals surface area (Å²) in [7, 11) is 1.89. The van der Waals surface area contributed by atoms with E-state index in [4.69, 9.17) is 4.74 Å². The predicted molar refractivity (Wildman–Crippen MR) is 112 cm³/mol. The zero-order chi connectivity index (χ0) is 18.8. The first-order valence-electron chi connectivity index (χ1n) is 11.3. The fourth-order valence-corrected chi connectivity index (χ4v) is 4.89. The summed E-state index contributed by atoms with van der Waals surface area (Å²) in [4.78, 5) is 9.80. The molecule has 3 heterocycles. The van der Waals surface area contributed by atoms with Crippen LogP contribution < -0.4 is 10.6 Å². The summed E-state index contributed by atoms with van der Waals surface area (Å²) in [5.74, 6) is 0.955. The molecule has 0 aliphatic carbocycles. The Morgan fingerprint density at radius 3 is 2.26 bits per heavy atom. The summed E-state index contributed by atoms with van der Waals surface area (Å²) in [6.45, 7) is 10.0. The van der Waals surface area contributed by atoms with Gasteiger partial charge in [0, 0.05) is 38.9 Å². The van der Waals surface area contributed by atoms with Crippen molar-refractivity contribution >= 4 is 5.96 Å². The molecule has 0 aromatic carbocycles. The fraction of sp³-hybridized carbons (Fsp3) is 0.952. The minimum atomic E-state index is 0.248. The first kappa shape index (κ1) is 20.9. The Hall–Kier alpha value is -0.850. The van der Waals surface area contributed by atoms with E-state index >= 15 is 0 Å². The zero-order valence-electron chi connectivity index (χ0n) is 17.5. The summed E-state index contributed by atoms with van der Waals surface area (Å²) in [5, 5.41) is 7.17. The standard InChI is InChI=1S/C21H41N5O/c1-22-20(23-11-8-14-25-12-4-2-3-5-13-25)24-19-21(9-17-27-18-10-21)26-15-6-7-16-26/h2-19H2,1H3,(H2,22,23,24). The molecular weight excluding hydrogens is 338 g/mol. The minimum Gasteiger partial charge on any atom is -0.381 e. The molecule has 0 aromatic heterocycles. The van der Waals surface area contributed by atoms with Gasteiger partial charge in [-0.2, -0.15) is 0 Å². The lowest BCUT2D eigenvalue weighted by Gasteiger charge is -2.45. The second kappa shape index (κ2) is 11.2. The van der Waals surface area contributed by atoms with Crippen LogP contribution in [0.25, 0.3) is 0 Å². The highest BCUT2D eigenvalue weighted by atomic mass is 16.5. The van der Waals surface area contributed by atoms with Crippen molar-refractivity contribution in [3.63, 3.8) is 0 Å². The molecule has 3 saturated heterocycles. The van der Waals surface area contributed by atoms with Crippen molar-refractivity contribution in [2.45, 2.75) is 63.3 Å². The van der Waals surface area contributed by atoms with Gasteiger partial charge in [0.25, 0.3) is 0 Å². The van der Waals surface area contributed by atoms with Crippen molar-refractivity contribution in [1.29, 1.82) is 0 Å². The number of nitrogens with zero attached hydrogens (tertiary/aromatic N) is 3. The Bertz CT molecular complexity index is 436. The molecule has 0 atom stereocenters. The number of hydrogen-bond acceptors (Lipinski definition) is 4. The first-order chi connectivity index (χ1) is 13.3. The molecule has 3 aliphatic rings. The van der Waals surface area contributed by atoms with Gasteiger partial charge in [-0.3, -0.25) is 9.89 Å². The van der Waals surface area contributed by atoms with Crippen molar-refractivity contribution in [2.24, 2.45) is 4.99 Å². The van der Waals surface area contributed by atoms with Crippen LogP contribution in [0.15, 0.2) is 4.99 Å². The number of rotatable bonds is 7. The van der Waals surface area contributed by atoms with Crippen LogP contribution in [-0.4, -0.2) is 87.4 Å². The summed E-state index contributed by atoms with van der Waals surface area (Å²) in [5.41, 5.74) is 0.248. The maximum absolute atomic E-state index is 5.66. The van der Waals surface area contributed by atoms with Crippen molar-refractivity contribution < 1.29 is 4.74 Å². The van der Waals surface area contributed by atoms with E-state index in [1.165, 1.54) is 77.7 Å². The zero-order valence-corrected chi connectivity index (χ0v) is 17.5. The number of aliphatic imine (C=N–C) groups is 1. The number of guanidine groups is 1. The average Bonchev–Trinajstić information content (AvgIpc) is 3.14. The molecule has 156 valence electrons. The lowest BCUT2D eigenvalue weighted by atomic mass is 9.88. The van der Waals surface area contributed by atoms with Gasteiger partial charge < -0.3 is 20.3 Å². The van der Waals surface area contributed by atoms with Crippen LogP contribution in [0.2, 0.25) is 0 Å². The molecule has 6 nitrogen and oxygen atoms in total. The minimum absolute atomic E-state index is 0.248. The van der Waals surface area contributed by atoms with Crippen LogP contribution in [0, 0.1) is 0 Å². The van der Waals surface area contributed by atoms with Crippen LogP contribution in [0.4, 0.5) is 0 Å². The molecule has 0 unspecified atom stereocenters. The summed E-state index contributed by atoms with van der Waals surface area (Å²) in [6.07, 6.45) is 11.7. The second-order valence-corrected chi connectivity index (χ2v) is 8.49. The van der Waals surface area contributed by atoms with Gasteiger partial charge >= 0.3 is 0 Å². The van der Waals surface area contributed by atoms with Crippen molar-refractivity contribution in [3.8, 4) is 0 Å². The van der Waals surface area contributed by atoms with Gasteiger partial charge in [0.05, 0.1) is 0 Å². The molecule has 0 amide bonds. The molecule has 0 radical (unpaired) electrons. The van der Waals surface area contributed by atoms with Gasteiger partial charge in [0.1, 0.15) is 0 Å². The van der Waals surface area contributed by atoms with Crippen LogP contribution in [0.1, 0.15) is 57.8 Å². The predicted octanol–water partition coefficient (Wildman–Crippen LogP) is 2.06. The van der Waals surface area contributed by atoms with Crippen LogP contribution >= 0.6 is 0 Å². The van der Waals surface area contributed by atoms with Gasteiger partial charge in [-0.1, -0.05) is 12.8 Å². The van der Waals surface area contributed by atoms with Crippen LogP contribution in [0.5, 0.6) is 0 Å². The Labute approximate surface area is 166 Å². The highest BCUT2D eigenvalue weighted by Crippen LogP contribution is 2.30. The third-order valence-corrected chi connectivity index (χ3v) is 6.65. The van der Waals surface area contributed by atoms with Crippen molar-refractivity contribution in [2.75, 3.05) is 66.1 Å². The Morgan fingerprint density at radius 1 is 0.926 bits per heavy atom. The monoisotopic (exact) mass is 379 g/mol. The van der Waals surface area contributed by atoms with E-state index in [1.807, 2.05) is 7.05 Å². The Balaban J connectivity index is 1.39. The molecule has 3 rings (SSSR count). The second-order valence-electron chi connectivity index (χ2n) is 8.49. The highest BCUT2D eigenvalue weighted by molar-refractivity contribution is 5.79. The molecule has 0 aromatic rings. The Morgan fingerprint density at radius 2 is 1.59 bits per heavy atom. The maximum atomic E-state index is 5.66. The summed E-state index contributed by atoms with van der Waals surface area (Å²) >= 11 is 0. The number of nitrogens with one attached hydrogen (secondary N) is 2. The average molecular weight is 380 g/mol. The van der Waals surface area contributed by atoms with Gasteiger partial charge in [-0.05, 0) is 77.7 Å². The normalized spacial score (nSPS) is 25.3. The topological polar surface area (TPSA) is 52.1 Å². The highest BCUT2D eigenvalue weighted by Gasteiger charge is 2.39. The molecule has 0 spiro atoms. The lowest BCUT2D eigenvalue weighted by Crippen LogP contribution is -2.58. The van der Waals surface area contributed by atoms with E-state index in [9.17, 15) is 0 Å². The van der Waals surface area contributed by atoms with Gasteiger partial charge in [-0.15, -0.1) is 0 Å². The van der Waals surface area contributed by atoms with E-state index in [0.29, 0.717) is 0 Å². The molecular formula is C21H41N5O. The smallest absolute Gasteiger partial charge is 0.191 e. The molecule has 3 fully saturated rings. The summed E-state index contributed by atoms with van der Waals surface area (Å²) in [6, 6.07) is 0. The molecule has 2 N–H and O–H groups in total. The lowest BCUT2D eigenvalue weighted by molar-refractivity contribution is -0.0164. The van der Waals surface area contributed by atoms with E-state index in [0.717, 1.165) is 45.1 Å². The van der Waals surface area contributed by atoms with Crippen LogP contribution in [-0.2, 0) is 4.74 Å². The van der Waals surface area contributed by atoms with E-state index < -0.39 is 0 Å². The van der Waals surface area contributed by atoms with Crippen molar-refractivity contribution in [1.82, 2.24) is 20.4 Å². The number of hydrogen-bond donors (Lipinski definition) is 2. The Kier molecular flexibility index (Phi) is 8.68. The third kappa shape index (κ3) is 6.33. The van der Waals surface area contributed by atoms with Crippen molar-refractivity contribution in [3.05, 3.63) is 0 Å². The maximum Gasteiger partial charge on any atom is 0.191 e. The fourth-order valence-electron chi connectivity index (χ4n) is 4.89. The van der Waals surface area contributed by atoms with Gasteiger partial charge in [-0.25, -0.2) is 0 Å². The number of likely N-dealkylation sites (tertiary alicyclic amines) is 2.